The van der Waals surface area contributed by atoms with Crippen LogP contribution >= 0.6 is 0 Å². The zero-order valence-corrected chi connectivity index (χ0v) is 9.85. The maximum Gasteiger partial charge on any atom is 0.175 e. The number of hydrogen-bond donors (Lipinski definition) is 0. The second-order valence-electron chi connectivity index (χ2n) is 4.55. The smallest absolute Gasteiger partial charge is 0.175 e. The highest BCUT2D eigenvalue weighted by molar-refractivity contribution is 7.90. The van der Waals surface area contributed by atoms with Crippen LogP contribution in [0.25, 0.3) is 0 Å². The molecule has 0 N–H and O–H groups in total. The number of rotatable bonds is 1. The Labute approximate surface area is 85.9 Å². The summed E-state index contributed by atoms with van der Waals surface area (Å²) >= 11 is 0. The summed E-state index contributed by atoms with van der Waals surface area (Å²) in [6, 6.07) is 7.12. The zero-order chi connectivity index (χ0) is 11.0. The van der Waals surface area contributed by atoms with E-state index in [1.165, 1.54) is 6.26 Å². The summed E-state index contributed by atoms with van der Waals surface area (Å²) in [5, 5.41) is 0. The van der Waals surface area contributed by atoms with E-state index in [-0.39, 0.29) is 5.41 Å². The summed E-state index contributed by atoms with van der Waals surface area (Å²) in [7, 11) is -3.09. The van der Waals surface area contributed by atoms with E-state index in [1.54, 1.807) is 18.2 Å². The molecule has 0 spiro atoms. The van der Waals surface area contributed by atoms with Crippen LogP contribution in [0.2, 0.25) is 0 Å². The SMILES string of the molecule is CC(C)(C)c1cccc(S(C)(=O)=O)c1. The van der Waals surface area contributed by atoms with Crippen LogP contribution in [-0.2, 0) is 15.3 Å². The van der Waals surface area contributed by atoms with Crippen LogP contribution in [0.15, 0.2) is 29.2 Å². The topological polar surface area (TPSA) is 34.1 Å². The maximum absolute atomic E-state index is 11.3. The molecular formula is C11H16O2S. The van der Waals surface area contributed by atoms with Crippen molar-refractivity contribution in [1.29, 1.82) is 0 Å². The van der Waals surface area contributed by atoms with Crippen molar-refractivity contribution in [3.63, 3.8) is 0 Å². The van der Waals surface area contributed by atoms with Gasteiger partial charge >= 0.3 is 0 Å². The van der Waals surface area contributed by atoms with Gasteiger partial charge in [0, 0.05) is 6.26 Å². The van der Waals surface area contributed by atoms with E-state index >= 15 is 0 Å². The number of sulfone groups is 1. The number of hydrogen-bond acceptors (Lipinski definition) is 2. The summed E-state index contributed by atoms with van der Waals surface area (Å²) in [6.07, 6.45) is 1.23. The van der Waals surface area contributed by atoms with Crippen LogP contribution in [0.5, 0.6) is 0 Å². The van der Waals surface area contributed by atoms with Crippen molar-refractivity contribution in [2.24, 2.45) is 0 Å². The van der Waals surface area contributed by atoms with Gasteiger partial charge in [-0.25, -0.2) is 8.42 Å². The van der Waals surface area contributed by atoms with E-state index in [4.69, 9.17) is 0 Å². The molecule has 0 radical (unpaired) electrons. The molecule has 14 heavy (non-hydrogen) atoms. The van der Waals surface area contributed by atoms with E-state index < -0.39 is 9.84 Å². The highest BCUT2D eigenvalue weighted by atomic mass is 32.2. The minimum absolute atomic E-state index is 0.0132. The molecule has 0 atom stereocenters. The monoisotopic (exact) mass is 212 g/mol. The summed E-state index contributed by atoms with van der Waals surface area (Å²) in [4.78, 5) is 0.393. The molecule has 2 nitrogen and oxygen atoms in total. The molecule has 0 heterocycles. The Morgan fingerprint density at radius 3 is 2.14 bits per heavy atom. The van der Waals surface area contributed by atoms with Crippen molar-refractivity contribution >= 4 is 9.84 Å². The third-order valence-corrected chi connectivity index (χ3v) is 3.24. The predicted octanol–water partition coefficient (Wildman–Crippen LogP) is 2.39. The molecule has 0 bridgehead atoms. The van der Waals surface area contributed by atoms with Crippen molar-refractivity contribution in [3.8, 4) is 0 Å². The van der Waals surface area contributed by atoms with Crippen molar-refractivity contribution < 1.29 is 8.42 Å². The van der Waals surface area contributed by atoms with E-state index in [9.17, 15) is 8.42 Å². The second-order valence-corrected chi connectivity index (χ2v) is 6.57. The Hall–Kier alpha value is -0.830. The quantitative estimate of drug-likeness (QED) is 0.716. The molecule has 0 saturated carbocycles. The van der Waals surface area contributed by atoms with Crippen LogP contribution in [0.1, 0.15) is 26.3 Å². The Morgan fingerprint density at radius 1 is 1.14 bits per heavy atom. The van der Waals surface area contributed by atoms with E-state index in [1.807, 2.05) is 6.07 Å². The molecule has 0 amide bonds. The van der Waals surface area contributed by atoms with Gasteiger partial charge in [0.1, 0.15) is 0 Å². The fourth-order valence-electron chi connectivity index (χ4n) is 1.19. The summed E-state index contributed by atoms with van der Waals surface area (Å²) in [6.45, 7) is 6.19. The molecule has 0 saturated heterocycles. The Balaban J connectivity index is 3.29. The zero-order valence-electron chi connectivity index (χ0n) is 9.03. The molecule has 1 aromatic rings. The van der Waals surface area contributed by atoms with Gasteiger partial charge < -0.3 is 0 Å². The van der Waals surface area contributed by atoms with E-state index in [0.717, 1.165) is 5.56 Å². The maximum atomic E-state index is 11.3. The van der Waals surface area contributed by atoms with Crippen molar-refractivity contribution in [2.75, 3.05) is 6.26 Å². The van der Waals surface area contributed by atoms with Gasteiger partial charge in [0.2, 0.25) is 0 Å². The molecule has 3 heteroatoms. The van der Waals surface area contributed by atoms with E-state index in [2.05, 4.69) is 20.8 Å². The van der Waals surface area contributed by atoms with Crippen LogP contribution in [-0.4, -0.2) is 14.7 Å². The average Bonchev–Trinajstić information content (AvgIpc) is 2.01. The number of benzene rings is 1. The van der Waals surface area contributed by atoms with E-state index in [0.29, 0.717) is 4.90 Å². The highest BCUT2D eigenvalue weighted by Crippen LogP contribution is 2.24. The first-order valence-corrected chi connectivity index (χ1v) is 6.41. The highest BCUT2D eigenvalue weighted by Gasteiger charge is 2.16. The third kappa shape index (κ3) is 2.58. The molecule has 78 valence electrons. The predicted molar refractivity (Wildman–Crippen MR) is 58.3 cm³/mol. The van der Waals surface area contributed by atoms with Gasteiger partial charge in [-0.3, -0.25) is 0 Å². The van der Waals surface area contributed by atoms with Gasteiger partial charge in [-0.05, 0) is 23.1 Å². The largest absolute Gasteiger partial charge is 0.224 e. The fraction of sp³-hybridized carbons (Fsp3) is 0.455. The lowest BCUT2D eigenvalue weighted by atomic mass is 9.87. The van der Waals surface area contributed by atoms with Gasteiger partial charge in [-0.1, -0.05) is 32.9 Å². The molecule has 0 aliphatic rings. The van der Waals surface area contributed by atoms with Gasteiger partial charge in [-0.2, -0.15) is 0 Å². The van der Waals surface area contributed by atoms with Gasteiger partial charge in [-0.15, -0.1) is 0 Å². The Bertz CT molecular complexity index is 425. The van der Waals surface area contributed by atoms with Crippen molar-refractivity contribution in [2.45, 2.75) is 31.1 Å². The lowest BCUT2D eigenvalue weighted by Crippen LogP contribution is -2.11. The minimum atomic E-state index is -3.09. The third-order valence-electron chi connectivity index (χ3n) is 2.13. The van der Waals surface area contributed by atoms with Crippen LogP contribution in [0, 0.1) is 0 Å². The normalized spacial score (nSPS) is 12.9. The van der Waals surface area contributed by atoms with Gasteiger partial charge in [0.15, 0.2) is 9.84 Å². The molecular weight excluding hydrogens is 196 g/mol. The fourth-order valence-corrected chi connectivity index (χ4v) is 1.86. The van der Waals surface area contributed by atoms with Crippen LogP contribution in [0.3, 0.4) is 0 Å². The summed E-state index contributed by atoms with van der Waals surface area (Å²) in [5.41, 5.74) is 1.03. The summed E-state index contributed by atoms with van der Waals surface area (Å²) in [5.74, 6) is 0. The minimum Gasteiger partial charge on any atom is -0.224 e. The van der Waals surface area contributed by atoms with Crippen molar-refractivity contribution in [3.05, 3.63) is 29.8 Å². The molecule has 1 aromatic carbocycles. The Kier molecular flexibility index (Phi) is 2.72. The first-order chi connectivity index (χ1) is 6.21. The molecule has 0 aromatic heterocycles. The molecule has 0 aliphatic heterocycles. The van der Waals surface area contributed by atoms with Crippen LogP contribution in [0.4, 0.5) is 0 Å². The first kappa shape index (κ1) is 11.2. The lowest BCUT2D eigenvalue weighted by molar-refractivity contribution is 0.585. The standard InChI is InChI=1S/C11H16O2S/c1-11(2,3)9-6-5-7-10(8-9)14(4,12)13/h5-8H,1-4H3. The summed E-state index contributed by atoms with van der Waals surface area (Å²) < 4.78 is 22.6. The molecule has 0 fully saturated rings. The van der Waals surface area contributed by atoms with Gasteiger partial charge in [0.25, 0.3) is 0 Å². The second kappa shape index (κ2) is 3.39. The molecule has 0 aliphatic carbocycles. The van der Waals surface area contributed by atoms with Gasteiger partial charge in [0.05, 0.1) is 4.90 Å². The first-order valence-electron chi connectivity index (χ1n) is 4.52. The van der Waals surface area contributed by atoms with Crippen LogP contribution < -0.4 is 0 Å². The molecule has 1 rings (SSSR count). The Morgan fingerprint density at radius 2 is 1.71 bits per heavy atom. The lowest BCUT2D eigenvalue weighted by Gasteiger charge is -2.19. The van der Waals surface area contributed by atoms with Crippen molar-refractivity contribution in [1.82, 2.24) is 0 Å². The molecule has 0 unspecified atom stereocenters. The average molecular weight is 212 g/mol.